The number of amides is 2. The van der Waals surface area contributed by atoms with Crippen LogP contribution in [0.2, 0.25) is 10.3 Å². The summed E-state index contributed by atoms with van der Waals surface area (Å²) in [5.74, 6) is -1.18. The summed E-state index contributed by atoms with van der Waals surface area (Å²) in [5.41, 5.74) is 10.1. The first-order valence-corrected chi connectivity index (χ1v) is 5.15. The minimum atomic E-state index is -0.656. The highest BCUT2D eigenvalue weighted by Gasteiger charge is 2.17. The Labute approximate surface area is 107 Å². The first-order chi connectivity index (χ1) is 7.90. The van der Waals surface area contributed by atoms with Gasteiger partial charge >= 0.3 is 0 Å². The lowest BCUT2D eigenvalue weighted by atomic mass is 10.4. The van der Waals surface area contributed by atoms with E-state index in [2.05, 4.69) is 9.97 Å². The van der Waals surface area contributed by atoms with Crippen molar-refractivity contribution in [2.45, 2.75) is 0 Å². The second-order valence-electron chi connectivity index (χ2n) is 3.10. The molecule has 7 nitrogen and oxygen atoms in total. The van der Waals surface area contributed by atoms with Gasteiger partial charge in [-0.2, -0.15) is 4.98 Å². The molecule has 0 radical (unpaired) electrons. The monoisotopic (exact) mass is 277 g/mol. The Balaban J connectivity index is 3.06. The summed E-state index contributed by atoms with van der Waals surface area (Å²) in [4.78, 5) is 30.4. The lowest BCUT2D eigenvalue weighted by molar-refractivity contribution is -0.117. The molecule has 0 atom stereocenters. The summed E-state index contributed by atoms with van der Waals surface area (Å²) in [7, 11) is 0. The maximum atomic E-state index is 10.9. The highest BCUT2D eigenvalue weighted by molar-refractivity contribution is 6.33. The largest absolute Gasteiger partial charge is 0.368 e. The molecule has 0 spiro atoms. The third-order valence-electron chi connectivity index (χ3n) is 1.69. The highest BCUT2D eigenvalue weighted by atomic mass is 35.5. The first kappa shape index (κ1) is 13.5. The number of carbonyl (C=O) groups excluding carboxylic acids is 2. The lowest BCUT2D eigenvalue weighted by Crippen LogP contribution is -2.40. The van der Waals surface area contributed by atoms with Crippen LogP contribution in [0.25, 0.3) is 0 Å². The van der Waals surface area contributed by atoms with Gasteiger partial charge in [0.15, 0.2) is 5.82 Å². The van der Waals surface area contributed by atoms with E-state index in [1.165, 1.54) is 11.1 Å². The van der Waals surface area contributed by atoms with Gasteiger partial charge in [0.1, 0.15) is 5.02 Å². The Kier molecular flexibility index (Phi) is 4.47. The van der Waals surface area contributed by atoms with E-state index in [1.807, 2.05) is 0 Å². The Bertz CT molecular complexity index is 438. The van der Waals surface area contributed by atoms with Gasteiger partial charge < -0.3 is 16.4 Å². The van der Waals surface area contributed by atoms with E-state index in [0.717, 1.165) is 0 Å². The SMILES string of the molecule is NC(=O)CN(CC(N)=O)c1nc(Cl)ncc1Cl. The summed E-state index contributed by atoms with van der Waals surface area (Å²) >= 11 is 11.4. The van der Waals surface area contributed by atoms with Gasteiger partial charge in [-0.25, -0.2) is 4.98 Å². The second kappa shape index (κ2) is 5.65. The van der Waals surface area contributed by atoms with Crippen LogP contribution in [-0.4, -0.2) is 34.9 Å². The fourth-order valence-electron chi connectivity index (χ4n) is 1.14. The summed E-state index contributed by atoms with van der Waals surface area (Å²) in [6.07, 6.45) is 1.25. The molecular formula is C8H9Cl2N5O2. The molecule has 9 heteroatoms. The van der Waals surface area contributed by atoms with Crippen molar-refractivity contribution in [1.82, 2.24) is 9.97 Å². The van der Waals surface area contributed by atoms with Crippen molar-refractivity contribution in [3.8, 4) is 0 Å². The Hall–Kier alpha value is -1.60. The Morgan fingerprint density at radius 2 is 1.76 bits per heavy atom. The van der Waals surface area contributed by atoms with Gasteiger partial charge in [-0.15, -0.1) is 0 Å². The predicted molar refractivity (Wildman–Crippen MR) is 62.7 cm³/mol. The van der Waals surface area contributed by atoms with Gasteiger partial charge in [-0.05, 0) is 11.6 Å². The molecule has 0 aromatic carbocycles. The molecule has 0 unspecified atom stereocenters. The summed E-state index contributed by atoms with van der Waals surface area (Å²) in [6, 6.07) is 0. The van der Waals surface area contributed by atoms with Crippen LogP contribution in [0.15, 0.2) is 6.20 Å². The van der Waals surface area contributed by atoms with Gasteiger partial charge in [-0.3, -0.25) is 9.59 Å². The second-order valence-corrected chi connectivity index (χ2v) is 3.84. The van der Waals surface area contributed by atoms with Gasteiger partial charge in [0.05, 0.1) is 19.3 Å². The van der Waals surface area contributed by atoms with Gasteiger partial charge in [0, 0.05) is 0 Å². The number of primary amides is 2. The number of anilines is 1. The number of aromatic nitrogens is 2. The van der Waals surface area contributed by atoms with E-state index in [1.54, 1.807) is 0 Å². The Morgan fingerprint density at radius 3 is 2.24 bits per heavy atom. The molecular weight excluding hydrogens is 269 g/mol. The van der Waals surface area contributed by atoms with Crippen LogP contribution in [0, 0.1) is 0 Å². The van der Waals surface area contributed by atoms with E-state index in [-0.39, 0.29) is 29.2 Å². The highest BCUT2D eigenvalue weighted by Crippen LogP contribution is 2.23. The van der Waals surface area contributed by atoms with Crippen LogP contribution in [0.1, 0.15) is 0 Å². The van der Waals surface area contributed by atoms with Crippen molar-refractivity contribution in [3.05, 3.63) is 16.5 Å². The maximum absolute atomic E-state index is 10.9. The van der Waals surface area contributed by atoms with Crippen LogP contribution >= 0.6 is 23.2 Å². The minimum Gasteiger partial charge on any atom is -0.368 e. The lowest BCUT2D eigenvalue weighted by Gasteiger charge is -2.21. The number of rotatable bonds is 5. The van der Waals surface area contributed by atoms with E-state index >= 15 is 0 Å². The molecule has 0 fully saturated rings. The number of nitrogens with two attached hydrogens (primary N) is 2. The smallest absolute Gasteiger partial charge is 0.237 e. The molecule has 92 valence electrons. The molecule has 1 rings (SSSR count). The van der Waals surface area contributed by atoms with Crippen LogP contribution in [-0.2, 0) is 9.59 Å². The molecule has 0 saturated carbocycles. The summed E-state index contributed by atoms with van der Waals surface area (Å²) in [5, 5.41) is 0.0697. The predicted octanol–water partition coefficient (Wildman–Crippen LogP) is -0.440. The third-order valence-corrected chi connectivity index (χ3v) is 2.14. The van der Waals surface area contributed by atoms with Crippen LogP contribution in [0.3, 0.4) is 0 Å². The molecule has 1 aromatic rings. The standard InChI is InChI=1S/C8H9Cl2N5O2/c9-4-1-13-8(10)14-7(4)15(2-5(11)16)3-6(12)17/h1H,2-3H2,(H2,11,16)(H2,12,17). The van der Waals surface area contributed by atoms with Crippen molar-refractivity contribution < 1.29 is 9.59 Å². The number of halogens is 2. The summed E-state index contributed by atoms with van der Waals surface area (Å²) < 4.78 is 0. The fourth-order valence-corrected chi connectivity index (χ4v) is 1.48. The normalized spacial score (nSPS) is 10.0. The zero-order valence-corrected chi connectivity index (χ0v) is 10.1. The van der Waals surface area contributed by atoms with Crippen LogP contribution in [0.5, 0.6) is 0 Å². The average Bonchev–Trinajstić information content (AvgIpc) is 2.19. The molecule has 1 heterocycles. The molecule has 1 aromatic heterocycles. The number of nitrogens with zero attached hydrogens (tertiary/aromatic N) is 3. The van der Waals surface area contributed by atoms with E-state index in [4.69, 9.17) is 34.7 Å². The number of hydrogen-bond acceptors (Lipinski definition) is 5. The van der Waals surface area contributed by atoms with E-state index in [0.29, 0.717) is 0 Å². The van der Waals surface area contributed by atoms with Crippen molar-refractivity contribution in [2.75, 3.05) is 18.0 Å². The van der Waals surface area contributed by atoms with Gasteiger partial charge in [0.2, 0.25) is 17.1 Å². The van der Waals surface area contributed by atoms with Gasteiger partial charge in [0.25, 0.3) is 0 Å². The van der Waals surface area contributed by atoms with Gasteiger partial charge in [-0.1, -0.05) is 11.6 Å². The van der Waals surface area contributed by atoms with Crippen LogP contribution in [0.4, 0.5) is 5.82 Å². The van der Waals surface area contributed by atoms with Crippen molar-refractivity contribution >= 4 is 40.8 Å². The minimum absolute atomic E-state index is 0.0664. The molecule has 2 amide bonds. The molecule has 0 aliphatic heterocycles. The topological polar surface area (TPSA) is 115 Å². The molecule has 0 aliphatic rings. The number of hydrogen-bond donors (Lipinski definition) is 2. The zero-order chi connectivity index (χ0) is 13.0. The molecule has 17 heavy (non-hydrogen) atoms. The third kappa shape index (κ3) is 4.04. The van der Waals surface area contributed by atoms with E-state index in [9.17, 15) is 9.59 Å². The van der Waals surface area contributed by atoms with Crippen molar-refractivity contribution in [1.29, 1.82) is 0 Å². The van der Waals surface area contributed by atoms with E-state index < -0.39 is 11.8 Å². The Morgan fingerprint density at radius 1 is 1.24 bits per heavy atom. The average molecular weight is 278 g/mol. The molecule has 0 bridgehead atoms. The number of carbonyl (C=O) groups is 2. The molecule has 4 N–H and O–H groups in total. The van der Waals surface area contributed by atoms with Crippen molar-refractivity contribution in [3.63, 3.8) is 0 Å². The molecule has 0 saturated heterocycles. The summed E-state index contributed by atoms with van der Waals surface area (Å²) in [6.45, 7) is -0.508. The fraction of sp³-hybridized carbons (Fsp3) is 0.250. The molecule has 0 aliphatic carbocycles. The maximum Gasteiger partial charge on any atom is 0.237 e. The zero-order valence-electron chi connectivity index (χ0n) is 8.56. The quantitative estimate of drug-likeness (QED) is 0.708. The first-order valence-electron chi connectivity index (χ1n) is 4.39. The van der Waals surface area contributed by atoms with Crippen LogP contribution < -0.4 is 16.4 Å². The van der Waals surface area contributed by atoms with Crippen molar-refractivity contribution in [2.24, 2.45) is 11.5 Å².